The number of rotatable bonds is 2. The number of carbonyl (C=O) groups excluding carboxylic acids is 1. The Hall–Kier alpha value is -2.18. The second-order valence-electron chi connectivity index (χ2n) is 6.24. The molecule has 24 heavy (non-hydrogen) atoms. The third kappa shape index (κ3) is 2.83. The minimum atomic E-state index is 0.0646. The zero-order chi connectivity index (χ0) is 16.7. The second kappa shape index (κ2) is 6.03. The van der Waals surface area contributed by atoms with Crippen molar-refractivity contribution >= 4 is 27.5 Å². The molecule has 3 heterocycles. The van der Waals surface area contributed by atoms with Crippen LogP contribution < -0.4 is 0 Å². The molecular weight excluding hydrogens is 322 g/mol. The first-order valence-corrected chi connectivity index (χ1v) is 8.90. The number of hydrogen-bond donors (Lipinski definition) is 0. The van der Waals surface area contributed by atoms with Crippen LogP contribution in [0.1, 0.15) is 24.2 Å². The quantitative estimate of drug-likeness (QED) is 0.718. The minimum Gasteiger partial charge on any atom is -0.372 e. The summed E-state index contributed by atoms with van der Waals surface area (Å²) in [5.74, 6) is 0.0646. The van der Waals surface area contributed by atoms with Gasteiger partial charge >= 0.3 is 0 Å². The van der Waals surface area contributed by atoms with Gasteiger partial charge < -0.3 is 14.2 Å². The van der Waals surface area contributed by atoms with Gasteiger partial charge in [0, 0.05) is 31.0 Å². The molecule has 1 amide bonds. The first-order valence-electron chi connectivity index (χ1n) is 8.09. The van der Waals surface area contributed by atoms with Crippen molar-refractivity contribution in [1.82, 2.24) is 14.5 Å². The van der Waals surface area contributed by atoms with Crippen molar-refractivity contribution in [2.24, 2.45) is 0 Å². The molecule has 4 rings (SSSR count). The van der Waals surface area contributed by atoms with Crippen molar-refractivity contribution in [2.75, 3.05) is 13.1 Å². The molecule has 0 saturated carbocycles. The van der Waals surface area contributed by atoms with Gasteiger partial charge in [0.05, 0.1) is 22.4 Å². The van der Waals surface area contributed by atoms with Crippen molar-refractivity contribution in [1.29, 1.82) is 0 Å². The van der Waals surface area contributed by atoms with E-state index in [1.165, 1.54) is 0 Å². The molecule has 0 unspecified atom stereocenters. The van der Waals surface area contributed by atoms with Crippen LogP contribution in [0.3, 0.4) is 0 Å². The number of hydrogen-bond acceptors (Lipinski definition) is 4. The Kier molecular flexibility index (Phi) is 3.86. The molecule has 3 aromatic rings. The summed E-state index contributed by atoms with van der Waals surface area (Å²) in [6.07, 6.45) is 4.09. The van der Waals surface area contributed by atoms with Crippen LogP contribution in [0, 0.1) is 0 Å². The van der Waals surface area contributed by atoms with E-state index in [0.717, 1.165) is 15.3 Å². The van der Waals surface area contributed by atoms with Gasteiger partial charge in [0.25, 0.3) is 5.91 Å². The van der Waals surface area contributed by atoms with E-state index in [4.69, 9.17) is 4.74 Å². The maximum Gasteiger partial charge on any atom is 0.254 e. The lowest BCUT2D eigenvalue weighted by atomic mass is 10.1. The summed E-state index contributed by atoms with van der Waals surface area (Å²) in [6, 6.07) is 9.70. The molecule has 0 radical (unpaired) electrons. The minimum absolute atomic E-state index is 0.0646. The summed E-state index contributed by atoms with van der Waals surface area (Å²) in [5, 5.41) is 0.910. The van der Waals surface area contributed by atoms with Crippen molar-refractivity contribution in [3.63, 3.8) is 0 Å². The summed E-state index contributed by atoms with van der Waals surface area (Å²) in [6.45, 7) is 5.29. The summed E-state index contributed by atoms with van der Waals surface area (Å²) in [5.41, 5.74) is 1.63. The van der Waals surface area contributed by atoms with Crippen LogP contribution in [0.4, 0.5) is 0 Å². The van der Waals surface area contributed by atoms with Gasteiger partial charge in [-0.3, -0.25) is 4.79 Å². The number of thiazole rings is 1. The molecular formula is C18H19N3O2S. The highest BCUT2D eigenvalue weighted by Gasteiger charge is 2.26. The van der Waals surface area contributed by atoms with E-state index in [9.17, 15) is 4.79 Å². The van der Waals surface area contributed by atoms with Crippen molar-refractivity contribution < 1.29 is 9.53 Å². The zero-order valence-electron chi connectivity index (χ0n) is 13.7. The Labute approximate surface area is 144 Å². The van der Waals surface area contributed by atoms with Crippen LogP contribution in [0.2, 0.25) is 0 Å². The number of morpholine rings is 1. The molecule has 6 heteroatoms. The molecule has 5 nitrogen and oxygen atoms in total. The number of amides is 1. The maximum absolute atomic E-state index is 12.8. The van der Waals surface area contributed by atoms with E-state index in [-0.39, 0.29) is 18.1 Å². The maximum atomic E-state index is 12.8. The molecule has 1 fully saturated rings. The Bertz CT molecular complexity index is 862. The molecule has 0 aliphatic carbocycles. The predicted octanol–water partition coefficient (Wildman–Crippen LogP) is 3.34. The van der Waals surface area contributed by atoms with Crippen LogP contribution in [0.5, 0.6) is 0 Å². The van der Waals surface area contributed by atoms with Crippen molar-refractivity contribution in [3.8, 4) is 5.13 Å². The van der Waals surface area contributed by atoms with E-state index in [1.54, 1.807) is 11.3 Å². The lowest BCUT2D eigenvalue weighted by Crippen LogP contribution is -2.48. The van der Waals surface area contributed by atoms with E-state index in [0.29, 0.717) is 18.7 Å². The third-order valence-corrected chi connectivity index (χ3v) is 5.19. The smallest absolute Gasteiger partial charge is 0.254 e. The highest BCUT2D eigenvalue weighted by molar-refractivity contribution is 7.20. The van der Waals surface area contributed by atoms with Crippen LogP contribution in [0.15, 0.2) is 42.7 Å². The van der Waals surface area contributed by atoms with Gasteiger partial charge in [0.15, 0.2) is 5.13 Å². The van der Waals surface area contributed by atoms with Crippen molar-refractivity contribution in [3.05, 3.63) is 48.3 Å². The largest absolute Gasteiger partial charge is 0.372 e. The second-order valence-corrected chi connectivity index (χ2v) is 7.25. The van der Waals surface area contributed by atoms with Gasteiger partial charge in [-0.25, -0.2) is 4.98 Å². The Balaban J connectivity index is 1.63. The van der Waals surface area contributed by atoms with Gasteiger partial charge in [0.2, 0.25) is 0 Å². The van der Waals surface area contributed by atoms with Crippen LogP contribution in [-0.2, 0) is 4.74 Å². The topological polar surface area (TPSA) is 47.4 Å². The molecule has 1 aliphatic heterocycles. The van der Waals surface area contributed by atoms with Gasteiger partial charge in [-0.05, 0) is 44.2 Å². The zero-order valence-corrected chi connectivity index (χ0v) is 14.5. The standard InChI is InChI=1S/C18H19N3O2S/c1-12-10-21(11-13(2)23-12)17(22)14-5-6-15-16(9-14)24-18(19-15)20-7-3-4-8-20/h3-9,12-13H,10-11H2,1-2H3/t12-,13-/m1/s1. The molecule has 1 aromatic carbocycles. The first-order chi connectivity index (χ1) is 11.6. The van der Waals surface area contributed by atoms with E-state index < -0.39 is 0 Å². The molecule has 2 aromatic heterocycles. The monoisotopic (exact) mass is 341 g/mol. The van der Waals surface area contributed by atoms with Crippen molar-refractivity contribution in [2.45, 2.75) is 26.1 Å². The van der Waals surface area contributed by atoms with E-state index in [2.05, 4.69) is 4.98 Å². The van der Waals surface area contributed by atoms with Crippen LogP contribution in [-0.4, -0.2) is 45.7 Å². The number of fused-ring (bicyclic) bond motifs is 1. The molecule has 0 spiro atoms. The Morgan fingerprint density at radius 2 is 1.92 bits per heavy atom. The average molecular weight is 341 g/mol. The number of aromatic nitrogens is 2. The molecule has 1 saturated heterocycles. The number of nitrogens with zero attached hydrogens (tertiary/aromatic N) is 3. The van der Waals surface area contributed by atoms with Gasteiger partial charge in [-0.1, -0.05) is 11.3 Å². The number of ether oxygens (including phenoxy) is 1. The summed E-state index contributed by atoms with van der Waals surface area (Å²) >= 11 is 1.59. The van der Waals surface area contributed by atoms with Gasteiger partial charge in [-0.15, -0.1) is 0 Å². The highest BCUT2D eigenvalue weighted by atomic mass is 32.1. The lowest BCUT2D eigenvalue weighted by molar-refractivity contribution is -0.0586. The highest BCUT2D eigenvalue weighted by Crippen LogP contribution is 2.27. The molecule has 0 bridgehead atoms. The molecule has 1 aliphatic rings. The Morgan fingerprint density at radius 1 is 1.21 bits per heavy atom. The third-order valence-electron chi connectivity index (χ3n) is 4.16. The van der Waals surface area contributed by atoms with E-state index in [1.807, 2.05) is 66.0 Å². The first kappa shape index (κ1) is 15.4. The lowest BCUT2D eigenvalue weighted by Gasteiger charge is -2.35. The summed E-state index contributed by atoms with van der Waals surface area (Å²) in [7, 11) is 0. The average Bonchev–Trinajstić information content (AvgIpc) is 3.21. The fourth-order valence-electron chi connectivity index (χ4n) is 3.14. The Morgan fingerprint density at radius 3 is 2.62 bits per heavy atom. The van der Waals surface area contributed by atoms with Gasteiger partial charge in [-0.2, -0.15) is 0 Å². The molecule has 0 N–H and O–H groups in total. The van der Waals surface area contributed by atoms with Gasteiger partial charge in [0.1, 0.15) is 0 Å². The normalized spacial score (nSPS) is 21.3. The predicted molar refractivity (Wildman–Crippen MR) is 94.9 cm³/mol. The fourth-order valence-corrected chi connectivity index (χ4v) is 4.12. The summed E-state index contributed by atoms with van der Waals surface area (Å²) in [4.78, 5) is 19.3. The fraction of sp³-hybridized carbons (Fsp3) is 0.333. The summed E-state index contributed by atoms with van der Waals surface area (Å²) < 4.78 is 8.72. The number of carbonyl (C=O) groups is 1. The number of benzene rings is 1. The van der Waals surface area contributed by atoms with Crippen LogP contribution >= 0.6 is 11.3 Å². The molecule has 124 valence electrons. The molecule has 2 atom stereocenters. The SMILES string of the molecule is C[C@@H]1CN(C(=O)c2ccc3nc(-n4cccc4)sc3c2)C[C@@H](C)O1. The van der Waals surface area contributed by atoms with E-state index >= 15 is 0 Å². The van der Waals surface area contributed by atoms with Crippen LogP contribution in [0.25, 0.3) is 15.3 Å².